The first-order valence-electron chi connectivity index (χ1n) is 5.71. The van der Waals surface area contributed by atoms with Crippen molar-refractivity contribution in [2.45, 2.75) is 32.8 Å². The molecule has 0 aromatic carbocycles. The molecule has 0 bridgehead atoms. The van der Waals surface area contributed by atoms with E-state index in [0.717, 1.165) is 5.69 Å². The number of nitrogens with zero attached hydrogens (tertiary/aromatic N) is 2. The maximum absolute atomic E-state index is 11.9. The van der Waals surface area contributed by atoms with Crippen molar-refractivity contribution in [3.05, 3.63) is 18.2 Å². The van der Waals surface area contributed by atoms with Gasteiger partial charge in [-0.25, -0.2) is 4.98 Å². The van der Waals surface area contributed by atoms with Gasteiger partial charge >= 0.3 is 5.97 Å². The number of aryl methyl sites for hydroxylation is 1. The summed E-state index contributed by atoms with van der Waals surface area (Å²) in [6, 6.07) is 0. The fourth-order valence-electron chi connectivity index (χ4n) is 1.48. The Balaban J connectivity index is 2.66. The molecule has 0 aliphatic heterocycles. The number of imidazole rings is 1. The third-order valence-electron chi connectivity index (χ3n) is 2.40. The molecule has 17 heavy (non-hydrogen) atoms. The lowest BCUT2D eigenvalue weighted by molar-refractivity contribution is -0.159. The molecule has 0 saturated carbocycles. The Labute approximate surface area is 102 Å². The van der Waals surface area contributed by atoms with E-state index in [-0.39, 0.29) is 18.4 Å². The van der Waals surface area contributed by atoms with Crippen molar-refractivity contribution in [3.8, 4) is 0 Å². The molecule has 0 fully saturated rings. The summed E-state index contributed by atoms with van der Waals surface area (Å²) in [5.41, 5.74) is 6.13. The van der Waals surface area contributed by atoms with Crippen LogP contribution in [0.1, 0.15) is 26.5 Å². The van der Waals surface area contributed by atoms with Gasteiger partial charge in [-0.3, -0.25) is 4.79 Å². The van der Waals surface area contributed by atoms with E-state index in [1.807, 2.05) is 32.4 Å². The van der Waals surface area contributed by atoms with Crippen LogP contribution in [-0.4, -0.2) is 27.7 Å². The van der Waals surface area contributed by atoms with Crippen LogP contribution >= 0.6 is 0 Å². The number of carbonyl (C=O) groups excluding carboxylic acids is 1. The van der Waals surface area contributed by atoms with Gasteiger partial charge < -0.3 is 15.0 Å². The quantitative estimate of drug-likeness (QED) is 0.792. The smallest absolute Gasteiger partial charge is 0.311 e. The van der Waals surface area contributed by atoms with Crippen LogP contribution in [0.2, 0.25) is 0 Å². The normalized spacial score (nSPS) is 13.5. The minimum atomic E-state index is -0.475. The Kier molecular flexibility index (Phi) is 4.28. The van der Waals surface area contributed by atoms with Crippen molar-refractivity contribution in [3.63, 3.8) is 0 Å². The summed E-state index contributed by atoms with van der Waals surface area (Å²) in [7, 11) is 1.89. The molecule has 96 valence electrons. The summed E-state index contributed by atoms with van der Waals surface area (Å²) in [5, 5.41) is 0. The van der Waals surface area contributed by atoms with E-state index in [1.165, 1.54) is 0 Å². The van der Waals surface area contributed by atoms with Crippen LogP contribution in [0.25, 0.3) is 0 Å². The summed E-state index contributed by atoms with van der Waals surface area (Å²) >= 11 is 0. The van der Waals surface area contributed by atoms with Gasteiger partial charge in [0, 0.05) is 31.9 Å². The molecule has 0 aliphatic rings. The standard InChI is InChI=1S/C12H21N3O2/c1-12(2,3)17-11(16)9(6-13)5-10-7-14-8-15(10)4/h7-9H,5-6,13H2,1-4H3. The minimum absolute atomic E-state index is 0.249. The van der Waals surface area contributed by atoms with E-state index in [1.54, 1.807) is 12.5 Å². The van der Waals surface area contributed by atoms with Gasteiger partial charge in [-0.05, 0) is 20.8 Å². The van der Waals surface area contributed by atoms with Gasteiger partial charge in [0.05, 0.1) is 12.2 Å². The van der Waals surface area contributed by atoms with Crippen molar-refractivity contribution in [1.82, 2.24) is 9.55 Å². The second-order valence-electron chi connectivity index (χ2n) is 5.17. The first-order valence-corrected chi connectivity index (χ1v) is 5.71. The average molecular weight is 239 g/mol. The lowest BCUT2D eigenvalue weighted by Gasteiger charge is -2.23. The molecule has 1 atom stereocenters. The van der Waals surface area contributed by atoms with Gasteiger partial charge in [-0.1, -0.05) is 0 Å². The second-order valence-corrected chi connectivity index (χ2v) is 5.17. The molecule has 5 heteroatoms. The predicted molar refractivity (Wildman–Crippen MR) is 65.3 cm³/mol. The maximum atomic E-state index is 11.9. The largest absolute Gasteiger partial charge is 0.460 e. The Morgan fingerprint density at radius 3 is 2.65 bits per heavy atom. The number of esters is 1. The van der Waals surface area contributed by atoms with Crippen molar-refractivity contribution < 1.29 is 9.53 Å². The van der Waals surface area contributed by atoms with Crippen LogP contribution in [-0.2, 0) is 23.0 Å². The van der Waals surface area contributed by atoms with Crippen molar-refractivity contribution in [1.29, 1.82) is 0 Å². The highest BCUT2D eigenvalue weighted by Crippen LogP contribution is 2.14. The van der Waals surface area contributed by atoms with Crippen molar-refractivity contribution in [2.75, 3.05) is 6.54 Å². The third-order valence-corrected chi connectivity index (χ3v) is 2.40. The third kappa shape index (κ3) is 4.19. The minimum Gasteiger partial charge on any atom is -0.460 e. The zero-order valence-corrected chi connectivity index (χ0v) is 10.9. The SMILES string of the molecule is Cn1cncc1CC(CN)C(=O)OC(C)(C)C. The van der Waals surface area contributed by atoms with Gasteiger partial charge in [-0.15, -0.1) is 0 Å². The van der Waals surface area contributed by atoms with Crippen LogP contribution in [0.4, 0.5) is 0 Å². The lowest BCUT2D eigenvalue weighted by Crippen LogP contribution is -2.33. The molecule has 1 aromatic heterocycles. The van der Waals surface area contributed by atoms with Crippen molar-refractivity contribution >= 4 is 5.97 Å². The maximum Gasteiger partial charge on any atom is 0.311 e. The summed E-state index contributed by atoms with van der Waals surface area (Å²) in [5.74, 6) is -0.564. The van der Waals surface area contributed by atoms with E-state index >= 15 is 0 Å². The highest BCUT2D eigenvalue weighted by molar-refractivity contribution is 5.73. The van der Waals surface area contributed by atoms with Crippen molar-refractivity contribution in [2.24, 2.45) is 18.7 Å². The Morgan fingerprint density at radius 1 is 1.59 bits per heavy atom. The number of carbonyl (C=O) groups is 1. The zero-order valence-electron chi connectivity index (χ0n) is 10.9. The molecule has 0 aliphatic carbocycles. The first kappa shape index (κ1) is 13.7. The number of aromatic nitrogens is 2. The molecule has 0 amide bonds. The molecule has 2 N–H and O–H groups in total. The topological polar surface area (TPSA) is 70.1 Å². The highest BCUT2D eigenvalue weighted by Gasteiger charge is 2.25. The molecule has 0 spiro atoms. The van der Waals surface area contributed by atoms with E-state index in [0.29, 0.717) is 6.42 Å². The number of hydrogen-bond acceptors (Lipinski definition) is 4. The number of rotatable bonds is 4. The summed E-state index contributed by atoms with van der Waals surface area (Å²) in [6.07, 6.45) is 4.01. The highest BCUT2D eigenvalue weighted by atomic mass is 16.6. The van der Waals surface area contributed by atoms with Gasteiger partial charge in [0.25, 0.3) is 0 Å². The van der Waals surface area contributed by atoms with Crippen LogP contribution in [0.5, 0.6) is 0 Å². The fraction of sp³-hybridized carbons (Fsp3) is 0.667. The second kappa shape index (κ2) is 5.31. The van der Waals surface area contributed by atoms with E-state index < -0.39 is 5.60 Å². The molecule has 5 nitrogen and oxygen atoms in total. The predicted octanol–water partition coefficient (Wildman–Crippen LogP) is 0.879. The van der Waals surface area contributed by atoms with Crippen LogP contribution in [0.15, 0.2) is 12.5 Å². The van der Waals surface area contributed by atoms with Crippen LogP contribution < -0.4 is 5.73 Å². The Morgan fingerprint density at radius 2 is 2.24 bits per heavy atom. The Hall–Kier alpha value is -1.36. The van der Waals surface area contributed by atoms with Gasteiger partial charge in [0.15, 0.2) is 0 Å². The average Bonchev–Trinajstić information content (AvgIpc) is 2.57. The molecular weight excluding hydrogens is 218 g/mol. The molecule has 1 rings (SSSR count). The Bertz CT molecular complexity index is 379. The fourth-order valence-corrected chi connectivity index (χ4v) is 1.48. The zero-order chi connectivity index (χ0) is 13.1. The van der Waals surface area contributed by atoms with E-state index in [4.69, 9.17) is 10.5 Å². The first-order chi connectivity index (χ1) is 7.83. The van der Waals surface area contributed by atoms with E-state index in [2.05, 4.69) is 4.98 Å². The van der Waals surface area contributed by atoms with Gasteiger partial charge in [-0.2, -0.15) is 0 Å². The summed E-state index contributed by atoms with van der Waals surface area (Å²) in [4.78, 5) is 15.9. The molecular formula is C12H21N3O2. The summed E-state index contributed by atoms with van der Waals surface area (Å²) < 4.78 is 7.21. The number of hydrogen-bond donors (Lipinski definition) is 1. The van der Waals surface area contributed by atoms with Gasteiger partial charge in [0.2, 0.25) is 0 Å². The summed E-state index contributed by atoms with van der Waals surface area (Å²) in [6.45, 7) is 5.83. The van der Waals surface area contributed by atoms with Crippen LogP contribution in [0, 0.1) is 5.92 Å². The van der Waals surface area contributed by atoms with Gasteiger partial charge in [0.1, 0.15) is 5.60 Å². The lowest BCUT2D eigenvalue weighted by atomic mass is 10.0. The molecule has 1 unspecified atom stereocenters. The van der Waals surface area contributed by atoms with Crippen LogP contribution in [0.3, 0.4) is 0 Å². The number of ether oxygens (including phenoxy) is 1. The molecule has 1 aromatic rings. The number of nitrogens with two attached hydrogens (primary N) is 1. The van der Waals surface area contributed by atoms with E-state index in [9.17, 15) is 4.79 Å². The molecule has 0 saturated heterocycles. The molecule has 1 heterocycles. The molecule has 0 radical (unpaired) electrons. The monoisotopic (exact) mass is 239 g/mol.